The second-order valence-corrected chi connectivity index (χ2v) is 5.60. The molecule has 8 heteroatoms. The first kappa shape index (κ1) is 18.7. The van der Waals surface area contributed by atoms with E-state index < -0.39 is 0 Å². The van der Waals surface area contributed by atoms with Crippen LogP contribution in [-0.4, -0.2) is 57.0 Å². The predicted molar refractivity (Wildman–Crippen MR) is 93.3 cm³/mol. The summed E-state index contributed by atoms with van der Waals surface area (Å²) in [6, 6.07) is 4.93. The third-order valence-corrected chi connectivity index (χ3v) is 4.02. The van der Waals surface area contributed by atoms with Crippen LogP contribution in [-0.2, 0) is 4.74 Å². The molecule has 0 spiro atoms. The minimum atomic E-state index is -0.336. The van der Waals surface area contributed by atoms with Crippen molar-refractivity contribution in [2.75, 3.05) is 39.2 Å². The molecule has 1 aliphatic heterocycles. The number of likely N-dealkylation sites (tertiary alicyclic amines) is 1. The molecule has 0 bridgehead atoms. The van der Waals surface area contributed by atoms with Gasteiger partial charge in [-0.1, -0.05) is 6.07 Å². The van der Waals surface area contributed by atoms with Crippen LogP contribution in [0.4, 0.5) is 15.3 Å². The fourth-order valence-electron chi connectivity index (χ4n) is 2.73. The summed E-state index contributed by atoms with van der Waals surface area (Å²) in [5.74, 6) is 1.04. The van der Waals surface area contributed by atoms with Crippen LogP contribution in [0, 0.1) is 0 Å². The Morgan fingerprint density at radius 3 is 2.28 bits per heavy atom. The van der Waals surface area contributed by atoms with Crippen molar-refractivity contribution in [1.29, 1.82) is 0 Å². The van der Waals surface area contributed by atoms with Crippen LogP contribution in [0.25, 0.3) is 0 Å². The Balaban J connectivity index is 1.89. The Morgan fingerprint density at radius 2 is 1.76 bits per heavy atom. The van der Waals surface area contributed by atoms with Crippen LogP contribution >= 0.6 is 0 Å². The zero-order chi connectivity index (χ0) is 18.2. The summed E-state index contributed by atoms with van der Waals surface area (Å²) in [7, 11) is 3.06. The highest BCUT2D eigenvalue weighted by Crippen LogP contribution is 2.34. The number of anilines is 1. The van der Waals surface area contributed by atoms with Gasteiger partial charge < -0.3 is 29.7 Å². The van der Waals surface area contributed by atoms with Gasteiger partial charge in [0.25, 0.3) is 0 Å². The maximum Gasteiger partial charge on any atom is 0.409 e. The summed E-state index contributed by atoms with van der Waals surface area (Å²) in [5, 5.41) is 5.70. The van der Waals surface area contributed by atoms with Crippen LogP contribution in [0.1, 0.15) is 19.8 Å². The van der Waals surface area contributed by atoms with Crippen molar-refractivity contribution in [3.05, 3.63) is 18.2 Å². The molecule has 25 heavy (non-hydrogen) atoms. The number of amides is 3. The van der Waals surface area contributed by atoms with Crippen molar-refractivity contribution in [3.8, 4) is 11.5 Å². The number of nitrogens with one attached hydrogen (secondary N) is 2. The van der Waals surface area contributed by atoms with Gasteiger partial charge in [-0.15, -0.1) is 0 Å². The molecule has 1 saturated heterocycles. The van der Waals surface area contributed by atoms with Gasteiger partial charge in [0, 0.05) is 19.1 Å². The van der Waals surface area contributed by atoms with Crippen LogP contribution in [0.3, 0.4) is 0 Å². The zero-order valence-electron chi connectivity index (χ0n) is 14.8. The summed E-state index contributed by atoms with van der Waals surface area (Å²) < 4.78 is 15.5. The number of methoxy groups -OCH3 is 2. The summed E-state index contributed by atoms with van der Waals surface area (Å²) in [4.78, 5) is 25.6. The minimum Gasteiger partial charge on any atom is -0.494 e. The van der Waals surface area contributed by atoms with E-state index in [1.54, 1.807) is 30.0 Å². The van der Waals surface area contributed by atoms with Gasteiger partial charge >= 0.3 is 12.1 Å². The molecule has 1 fully saturated rings. The second kappa shape index (κ2) is 9.00. The topological polar surface area (TPSA) is 89.1 Å². The second-order valence-electron chi connectivity index (χ2n) is 5.60. The number of hydrogen-bond acceptors (Lipinski definition) is 5. The van der Waals surface area contributed by atoms with E-state index >= 15 is 0 Å². The maximum absolute atomic E-state index is 12.3. The first-order chi connectivity index (χ1) is 12.1. The van der Waals surface area contributed by atoms with Crippen molar-refractivity contribution in [1.82, 2.24) is 10.2 Å². The van der Waals surface area contributed by atoms with Gasteiger partial charge in [0.1, 0.15) is 17.2 Å². The smallest absolute Gasteiger partial charge is 0.409 e. The predicted octanol–water partition coefficient (Wildman–Crippen LogP) is 2.45. The van der Waals surface area contributed by atoms with Crippen molar-refractivity contribution in [3.63, 3.8) is 0 Å². The third kappa shape index (κ3) is 4.91. The van der Waals surface area contributed by atoms with Crippen LogP contribution < -0.4 is 20.1 Å². The molecule has 1 heterocycles. The lowest BCUT2D eigenvalue weighted by atomic mass is 10.1. The van der Waals surface area contributed by atoms with E-state index in [0.717, 1.165) is 0 Å². The van der Waals surface area contributed by atoms with Gasteiger partial charge in [0.05, 0.1) is 20.8 Å². The molecule has 2 rings (SSSR count). The normalized spacial score (nSPS) is 14.6. The lowest BCUT2D eigenvalue weighted by Crippen LogP contribution is -2.47. The number of carbonyl (C=O) groups is 2. The van der Waals surface area contributed by atoms with E-state index in [1.807, 2.05) is 0 Å². The quantitative estimate of drug-likeness (QED) is 0.850. The van der Waals surface area contributed by atoms with E-state index in [-0.39, 0.29) is 18.2 Å². The number of carbonyl (C=O) groups excluding carboxylic acids is 2. The molecular formula is C17H25N3O5. The molecule has 0 atom stereocenters. The van der Waals surface area contributed by atoms with Gasteiger partial charge in [0.15, 0.2) is 0 Å². The number of hydrogen-bond donors (Lipinski definition) is 2. The summed E-state index contributed by atoms with van der Waals surface area (Å²) >= 11 is 0. The van der Waals surface area contributed by atoms with Gasteiger partial charge in [0.2, 0.25) is 0 Å². The van der Waals surface area contributed by atoms with Crippen molar-refractivity contribution in [2.45, 2.75) is 25.8 Å². The van der Waals surface area contributed by atoms with Crippen molar-refractivity contribution in [2.24, 2.45) is 0 Å². The molecule has 1 aromatic carbocycles. The highest BCUT2D eigenvalue weighted by atomic mass is 16.6. The molecular weight excluding hydrogens is 326 g/mol. The largest absolute Gasteiger partial charge is 0.494 e. The first-order valence-electron chi connectivity index (χ1n) is 8.29. The third-order valence-electron chi connectivity index (χ3n) is 4.02. The van der Waals surface area contributed by atoms with E-state index in [0.29, 0.717) is 49.7 Å². The maximum atomic E-state index is 12.3. The van der Waals surface area contributed by atoms with E-state index in [4.69, 9.17) is 14.2 Å². The van der Waals surface area contributed by atoms with Crippen molar-refractivity contribution >= 4 is 17.8 Å². The van der Waals surface area contributed by atoms with Gasteiger partial charge in [-0.2, -0.15) is 0 Å². The molecule has 0 saturated carbocycles. The first-order valence-corrected chi connectivity index (χ1v) is 8.29. The molecule has 2 N–H and O–H groups in total. The number of ether oxygens (including phenoxy) is 3. The number of piperidine rings is 1. The molecule has 0 aliphatic carbocycles. The summed E-state index contributed by atoms with van der Waals surface area (Å²) in [6.45, 7) is 3.26. The van der Waals surface area contributed by atoms with Gasteiger partial charge in [-0.25, -0.2) is 9.59 Å². The fraction of sp³-hybridized carbons (Fsp3) is 0.529. The number of para-hydroxylation sites is 1. The van der Waals surface area contributed by atoms with Gasteiger partial charge in [-0.3, -0.25) is 0 Å². The highest BCUT2D eigenvalue weighted by molar-refractivity contribution is 5.93. The Hall–Kier alpha value is -2.64. The van der Waals surface area contributed by atoms with Crippen LogP contribution in [0.15, 0.2) is 18.2 Å². The Kier molecular flexibility index (Phi) is 6.73. The molecule has 0 unspecified atom stereocenters. The van der Waals surface area contributed by atoms with Gasteiger partial charge in [-0.05, 0) is 31.9 Å². The lowest BCUT2D eigenvalue weighted by Gasteiger charge is -2.31. The zero-order valence-corrected chi connectivity index (χ0v) is 14.8. The number of rotatable bonds is 5. The summed E-state index contributed by atoms with van der Waals surface area (Å²) in [6.07, 6.45) is 1.05. The van der Waals surface area contributed by atoms with Crippen LogP contribution in [0.2, 0.25) is 0 Å². The number of nitrogens with zero attached hydrogens (tertiary/aromatic N) is 1. The van der Waals surface area contributed by atoms with Crippen molar-refractivity contribution < 1.29 is 23.8 Å². The molecule has 0 radical (unpaired) electrons. The Bertz CT molecular complexity index is 578. The summed E-state index contributed by atoms with van der Waals surface area (Å²) in [5.41, 5.74) is 0.481. The minimum absolute atomic E-state index is 0.00798. The molecule has 0 aromatic heterocycles. The molecule has 3 amide bonds. The standard InChI is InChI=1S/C17H25N3O5/c1-4-25-17(22)20-10-8-12(9-11-20)18-16(21)19-15-13(23-2)6-5-7-14(15)24-3/h5-7,12H,4,8-11H2,1-3H3,(H2,18,19,21). The van der Waals surface area contributed by atoms with E-state index in [1.165, 1.54) is 14.2 Å². The fourth-order valence-corrected chi connectivity index (χ4v) is 2.73. The number of benzene rings is 1. The van der Waals surface area contributed by atoms with E-state index in [2.05, 4.69) is 10.6 Å². The molecule has 1 aliphatic rings. The Labute approximate surface area is 147 Å². The molecule has 1 aromatic rings. The average molecular weight is 351 g/mol. The monoisotopic (exact) mass is 351 g/mol. The SMILES string of the molecule is CCOC(=O)N1CCC(NC(=O)Nc2c(OC)cccc2OC)CC1. The average Bonchev–Trinajstić information content (AvgIpc) is 2.62. The van der Waals surface area contributed by atoms with E-state index in [9.17, 15) is 9.59 Å². The molecule has 138 valence electrons. The highest BCUT2D eigenvalue weighted by Gasteiger charge is 2.25. The van der Waals surface area contributed by atoms with Crippen LogP contribution in [0.5, 0.6) is 11.5 Å². The number of urea groups is 1. The molecule has 8 nitrogen and oxygen atoms in total. The Morgan fingerprint density at radius 1 is 1.16 bits per heavy atom. The lowest BCUT2D eigenvalue weighted by molar-refractivity contribution is 0.0959.